The van der Waals surface area contributed by atoms with Gasteiger partial charge in [-0.2, -0.15) is 19.3 Å². The van der Waals surface area contributed by atoms with Crippen molar-refractivity contribution < 1.29 is 29.6 Å². The van der Waals surface area contributed by atoms with Crippen molar-refractivity contribution >= 4 is 0 Å². The van der Waals surface area contributed by atoms with Crippen LogP contribution >= 0.6 is 0 Å². The number of hydrogen-bond donors (Lipinski definition) is 0. The van der Waals surface area contributed by atoms with E-state index in [0.29, 0.717) is 0 Å². The van der Waals surface area contributed by atoms with Crippen LogP contribution in [0.4, 0.5) is 0 Å². The Morgan fingerprint density at radius 1 is 1.25 bits per heavy atom. The predicted octanol–water partition coefficient (Wildman–Crippen LogP) is -0.451. The smallest absolute Gasteiger partial charge is 0.314 e. The van der Waals surface area contributed by atoms with E-state index in [9.17, 15) is 0 Å². The van der Waals surface area contributed by atoms with Gasteiger partial charge in [0, 0.05) is 0 Å². The van der Waals surface area contributed by atoms with Gasteiger partial charge in [-0.3, -0.25) is 0 Å². The summed E-state index contributed by atoms with van der Waals surface area (Å²) < 4.78 is 0. The van der Waals surface area contributed by atoms with Crippen molar-refractivity contribution in [2.75, 3.05) is 0 Å². The van der Waals surface area contributed by atoms with Gasteiger partial charge in [0.05, 0.1) is 0 Å². The SMILES string of the molecule is CC[C-]1CCCC1.[Na+]. The Bertz CT molecular complexity index is 46.3. The van der Waals surface area contributed by atoms with Gasteiger partial charge in [-0.05, 0) is 0 Å². The zero-order valence-electron chi connectivity index (χ0n) is 6.04. The fourth-order valence-corrected chi connectivity index (χ4v) is 1.23. The third-order valence-corrected chi connectivity index (χ3v) is 1.81. The van der Waals surface area contributed by atoms with Crippen LogP contribution in [0.2, 0.25) is 0 Å². The molecule has 0 amide bonds. The van der Waals surface area contributed by atoms with Gasteiger partial charge in [-0.1, -0.05) is 19.8 Å². The second kappa shape index (κ2) is 4.84. The molecule has 0 N–H and O–H groups in total. The van der Waals surface area contributed by atoms with E-state index in [4.69, 9.17) is 0 Å². The van der Waals surface area contributed by atoms with E-state index in [1.165, 1.54) is 32.1 Å². The van der Waals surface area contributed by atoms with Gasteiger partial charge >= 0.3 is 29.6 Å². The molecule has 1 heteroatoms. The molecule has 0 radical (unpaired) electrons. The van der Waals surface area contributed by atoms with Crippen molar-refractivity contribution in [1.29, 1.82) is 0 Å². The van der Waals surface area contributed by atoms with Gasteiger partial charge in [-0.15, -0.1) is 0 Å². The first-order valence-corrected chi connectivity index (χ1v) is 3.27. The van der Waals surface area contributed by atoms with Crippen LogP contribution in [0.15, 0.2) is 0 Å². The van der Waals surface area contributed by atoms with Crippen molar-refractivity contribution in [3.63, 3.8) is 0 Å². The van der Waals surface area contributed by atoms with Crippen molar-refractivity contribution in [1.82, 2.24) is 0 Å². The van der Waals surface area contributed by atoms with Crippen LogP contribution in [0.1, 0.15) is 39.0 Å². The van der Waals surface area contributed by atoms with E-state index in [1.807, 2.05) is 0 Å². The minimum absolute atomic E-state index is 0. The molecular weight excluding hydrogens is 107 g/mol. The van der Waals surface area contributed by atoms with Crippen LogP contribution in [0.3, 0.4) is 0 Å². The summed E-state index contributed by atoms with van der Waals surface area (Å²) in [4.78, 5) is 0. The molecule has 0 saturated heterocycles. The van der Waals surface area contributed by atoms with Gasteiger partial charge in [-0.25, -0.2) is 0 Å². The van der Waals surface area contributed by atoms with Crippen LogP contribution in [0, 0.1) is 5.92 Å². The second-order valence-electron chi connectivity index (χ2n) is 2.31. The maximum Gasteiger partial charge on any atom is 1.00 e. The molecular formula is C7H13Na. The van der Waals surface area contributed by atoms with Crippen molar-refractivity contribution in [2.24, 2.45) is 0 Å². The van der Waals surface area contributed by atoms with Crippen LogP contribution < -0.4 is 29.6 Å². The third kappa shape index (κ3) is 2.52. The Morgan fingerprint density at radius 2 is 1.75 bits per heavy atom. The molecule has 1 aliphatic carbocycles. The predicted molar refractivity (Wildman–Crippen MR) is 32.0 cm³/mol. The Balaban J connectivity index is 0.000000490. The summed E-state index contributed by atoms with van der Waals surface area (Å²) in [6, 6.07) is 0. The van der Waals surface area contributed by atoms with Crippen LogP contribution in [-0.4, -0.2) is 0 Å². The minimum Gasteiger partial charge on any atom is -0.314 e. The molecule has 0 unspecified atom stereocenters. The van der Waals surface area contributed by atoms with Crippen molar-refractivity contribution in [3.8, 4) is 0 Å². The first kappa shape index (κ1) is 9.00. The molecule has 42 valence electrons. The molecule has 0 aromatic carbocycles. The molecule has 1 fully saturated rings. The van der Waals surface area contributed by atoms with Gasteiger partial charge in [0.25, 0.3) is 0 Å². The Morgan fingerprint density at radius 3 is 2.00 bits per heavy atom. The average Bonchev–Trinajstić information content (AvgIpc) is 2.14. The molecule has 0 heterocycles. The maximum absolute atomic E-state index is 2.26. The van der Waals surface area contributed by atoms with E-state index < -0.39 is 0 Å². The van der Waals surface area contributed by atoms with E-state index in [0.717, 1.165) is 0 Å². The van der Waals surface area contributed by atoms with E-state index in [1.54, 1.807) is 5.92 Å². The summed E-state index contributed by atoms with van der Waals surface area (Å²) >= 11 is 0. The van der Waals surface area contributed by atoms with E-state index >= 15 is 0 Å². The summed E-state index contributed by atoms with van der Waals surface area (Å²) in [7, 11) is 0. The van der Waals surface area contributed by atoms with Gasteiger partial charge in [0.15, 0.2) is 0 Å². The second-order valence-corrected chi connectivity index (χ2v) is 2.31. The molecule has 1 rings (SSSR count). The molecule has 0 aromatic rings. The normalized spacial score (nSPS) is 20.6. The first-order chi connectivity index (χ1) is 3.43. The summed E-state index contributed by atoms with van der Waals surface area (Å²) in [5.41, 5.74) is 0. The Hall–Kier alpha value is 1.00. The van der Waals surface area contributed by atoms with Crippen LogP contribution in [0.5, 0.6) is 0 Å². The fraction of sp³-hybridized carbons (Fsp3) is 0.857. The van der Waals surface area contributed by atoms with Gasteiger partial charge in [0.2, 0.25) is 0 Å². The van der Waals surface area contributed by atoms with E-state index in [2.05, 4.69) is 6.92 Å². The Labute approximate surface area is 74.3 Å². The molecule has 0 aromatic heterocycles. The molecule has 1 saturated carbocycles. The monoisotopic (exact) mass is 120 g/mol. The average molecular weight is 120 g/mol. The quantitative estimate of drug-likeness (QED) is 0.325. The zero-order chi connectivity index (χ0) is 5.11. The molecule has 1 aliphatic rings. The molecule has 0 atom stereocenters. The summed E-state index contributed by atoms with van der Waals surface area (Å²) in [6.07, 6.45) is 7.11. The summed E-state index contributed by atoms with van der Waals surface area (Å²) in [5.74, 6) is 1.79. The number of rotatable bonds is 1. The van der Waals surface area contributed by atoms with E-state index in [-0.39, 0.29) is 29.6 Å². The molecule has 8 heavy (non-hydrogen) atoms. The topological polar surface area (TPSA) is 0 Å². The van der Waals surface area contributed by atoms with Crippen LogP contribution in [0.25, 0.3) is 0 Å². The van der Waals surface area contributed by atoms with Crippen molar-refractivity contribution in [3.05, 3.63) is 5.92 Å². The molecule has 0 spiro atoms. The largest absolute Gasteiger partial charge is 1.00 e. The third-order valence-electron chi connectivity index (χ3n) is 1.81. The molecule has 0 nitrogen and oxygen atoms in total. The zero-order valence-corrected chi connectivity index (χ0v) is 8.04. The fourth-order valence-electron chi connectivity index (χ4n) is 1.23. The van der Waals surface area contributed by atoms with Gasteiger partial charge < -0.3 is 5.92 Å². The molecule has 0 aliphatic heterocycles. The standard InChI is InChI=1S/C7H13.Na/c1-2-7-5-3-4-6-7;/h2-6H2,1H3;/q-1;+1. The van der Waals surface area contributed by atoms with Gasteiger partial charge in [0.1, 0.15) is 0 Å². The number of hydrogen-bond acceptors (Lipinski definition) is 0. The summed E-state index contributed by atoms with van der Waals surface area (Å²) in [6.45, 7) is 2.26. The van der Waals surface area contributed by atoms with Crippen molar-refractivity contribution in [2.45, 2.75) is 39.0 Å². The summed E-state index contributed by atoms with van der Waals surface area (Å²) in [5, 5.41) is 0. The minimum atomic E-state index is 0. The maximum atomic E-state index is 2.26. The van der Waals surface area contributed by atoms with Crippen LogP contribution in [-0.2, 0) is 0 Å². The Kier molecular flexibility index (Phi) is 5.44. The first-order valence-electron chi connectivity index (χ1n) is 3.27. The molecule has 0 bridgehead atoms.